The minimum absolute atomic E-state index is 0.383. The fraction of sp³-hybridized carbons (Fsp3) is 0.600. The lowest BCUT2D eigenvalue weighted by Gasteiger charge is -2.45. The lowest BCUT2D eigenvalue weighted by Crippen LogP contribution is -2.44. The van der Waals surface area contributed by atoms with Crippen LogP contribution in [0.5, 0.6) is 0 Å². The molecule has 0 saturated heterocycles. The molecule has 1 unspecified atom stereocenters. The third kappa shape index (κ3) is 2.01. The van der Waals surface area contributed by atoms with Crippen LogP contribution >= 0.6 is 15.9 Å². The summed E-state index contributed by atoms with van der Waals surface area (Å²) in [5, 5.41) is 3.86. The van der Waals surface area contributed by atoms with Gasteiger partial charge in [-0.15, -0.1) is 0 Å². The number of hydrogen-bond donors (Lipinski definition) is 1. The monoisotopic (exact) mass is 293 g/mol. The third-order valence-electron chi connectivity index (χ3n) is 4.47. The van der Waals surface area contributed by atoms with E-state index in [-0.39, 0.29) is 0 Å². The summed E-state index contributed by atoms with van der Waals surface area (Å²) in [5.41, 5.74) is 3.22. The highest BCUT2D eigenvalue weighted by atomic mass is 79.9. The second kappa shape index (κ2) is 4.31. The first-order chi connectivity index (χ1) is 8.20. The van der Waals surface area contributed by atoms with E-state index < -0.39 is 0 Å². The average Bonchev–Trinajstić information content (AvgIpc) is 2.32. The van der Waals surface area contributed by atoms with Gasteiger partial charge in [0.25, 0.3) is 0 Å². The Morgan fingerprint density at radius 1 is 1.24 bits per heavy atom. The van der Waals surface area contributed by atoms with Crippen molar-refractivity contribution in [3.8, 4) is 0 Å². The molecule has 2 aliphatic rings. The van der Waals surface area contributed by atoms with Crippen molar-refractivity contribution in [1.29, 1.82) is 0 Å². The van der Waals surface area contributed by atoms with Crippen molar-refractivity contribution in [2.24, 2.45) is 0 Å². The van der Waals surface area contributed by atoms with Gasteiger partial charge in [-0.2, -0.15) is 0 Å². The fourth-order valence-electron chi connectivity index (χ4n) is 3.65. The van der Waals surface area contributed by atoms with E-state index in [2.05, 4.69) is 46.4 Å². The molecule has 3 rings (SSSR count). The molecule has 1 aliphatic carbocycles. The van der Waals surface area contributed by atoms with Crippen LogP contribution in [0.25, 0.3) is 0 Å². The van der Waals surface area contributed by atoms with Crippen LogP contribution in [0, 0.1) is 0 Å². The van der Waals surface area contributed by atoms with Gasteiger partial charge in [-0.3, -0.25) is 0 Å². The van der Waals surface area contributed by atoms with Crippen molar-refractivity contribution in [1.82, 2.24) is 0 Å². The summed E-state index contributed by atoms with van der Waals surface area (Å²) in [6.07, 6.45) is 8.19. The molecule has 0 bridgehead atoms. The molecular weight excluding hydrogens is 274 g/mol. The van der Waals surface area contributed by atoms with Gasteiger partial charge in [0, 0.05) is 10.0 Å². The van der Waals surface area contributed by atoms with Gasteiger partial charge in [-0.05, 0) is 52.7 Å². The Morgan fingerprint density at radius 2 is 2.00 bits per heavy atom. The van der Waals surface area contributed by atoms with E-state index in [1.165, 1.54) is 54.2 Å². The third-order valence-corrected chi connectivity index (χ3v) is 5.14. The van der Waals surface area contributed by atoms with Gasteiger partial charge in [0.05, 0.1) is 5.69 Å². The number of fused-ring (bicyclic) bond motifs is 1. The molecule has 1 fully saturated rings. The molecular formula is C15H20BrN. The van der Waals surface area contributed by atoms with Gasteiger partial charge in [0.1, 0.15) is 0 Å². The van der Waals surface area contributed by atoms with Crippen LogP contribution < -0.4 is 5.32 Å². The summed E-state index contributed by atoms with van der Waals surface area (Å²) in [7, 11) is 0. The van der Waals surface area contributed by atoms with E-state index in [0.29, 0.717) is 11.5 Å². The predicted octanol–water partition coefficient (Wildman–Crippen LogP) is 5.07. The van der Waals surface area contributed by atoms with Crippen molar-refractivity contribution in [3.05, 3.63) is 28.2 Å². The Balaban J connectivity index is 1.99. The molecule has 2 heteroatoms. The average molecular weight is 294 g/mol. The van der Waals surface area contributed by atoms with Gasteiger partial charge in [0.2, 0.25) is 0 Å². The van der Waals surface area contributed by atoms with E-state index >= 15 is 0 Å². The maximum Gasteiger partial charge on any atom is 0.0524 e. The molecule has 0 radical (unpaired) electrons. The molecule has 1 aliphatic heterocycles. The first-order valence-corrected chi connectivity index (χ1v) is 7.56. The van der Waals surface area contributed by atoms with Crippen LogP contribution in [0.3, 0.4) is 0 Å². The van der Waals surface area contributed by atoms with Crippen LogP contribution in [0.4, 0.5) is 5.69 Å². The SMILES string of the molecule is CC1CC2(CCCCC2)Nc2c(Br)cccc21. The fourth-order valence-corrected chi connectivity index (χ4v) is 4.13. The Labute approximate surface area is 112 Å². The van der Waals surface area contributed by atoms with E-state index in [4.69, 9.17) is 0 Å². The number of rotatable bonds is 0. The lowest BCUT2D eigenvalue weighted by atomic mass is 9.72. The summed E-state index contributed by atoms with van der Waals surface area (Å²) in [4.78, 5) is 0. The van der Waals surface area contributed by atoms with Crippen molar-refractivity contribution in [3.63, 3.8) is 0 Å². The summed E-state index contributed by atoms with van der Waals surface area (Å²) in [5.74, 6) is 0.682. The van der Waals surface area contributed by atoms with E-state index in [9.17, 15) is 0 Å². The van der Waals surface area contributed by atoms with Crippen LogP contribution in [0.2, 0.25) is 0 Å². The highest BCUT2D eigenvalue weighted by Crippen LogP contribution is 2.47. The minimum Gasteiger partial charge on any atom is -0.378 e. The normalized spacial score (nSPS) is 26.4. The van der Waals surface area contributed by atoms with Crippen LogP contribution in [-0.2, 0) is 0 Å². The number of benzene rings is 1. The molecule has 1 saturated carbocycles. The van der Waals surface area contributed by atoms with Crippen molar-refractivity contribution in [2.45, 2.75) is 56.9 Å². The van der Waals surface area contributed by atoms with Gasteiger partial charge in [-0.1, -0.05) is 38.3 Å². The molecule has 1 atom stereocenters. The molecule has 1 aromatic carbocycles. The van der Waals surface area contributed by atoms with Crippen LogP contribution in [-0.4, -0.2) is 5.54 Å². The first kappa shape index (κ1) is 11.6. The van der Waals surface area contributed by atoms with Crippen LogP contribution in [0.1, 0.15) is 56.9 Å². The zero-order chi connectivity index (χ0) is 11.9. The molecule has 1 aromatic rings. The van der Waals surface area contributed by atoms with Crippen molar-refractivity contribution < 1.29 is 0 Å². The van der Waals surface area contributed by atoms with E-state index in [0.717, 1.165) is 0 Å². The summed E-state index contributed by atoms with van der Waals surface area (Å²) < 4.78 is 1.23. The number of hydrogen-bond acceptors (Lipinski definition) is 1. The zero-order valence-electron chi connectivity index (χ0n) is 10.4. The van der Waals surface area contributed by atoms with E-state index in [1.54, 1.807) is 0 Å². The molecule has 1 nitrogen and oxygen atoms in total. The minimum atomic E-state index is 0.383. The number of para-hydroxylation sites is 1. The molecule has 1 N–H and O–H groups in total. The molecule has 1 heterocycles. The topological polar surface area (TPSA) is 12.0 Å². The second-order valence-corrected chi connectivity index (χ2v) is 6.63. The maximum atomic E-state index is 3.86. The van der Waals surface area contributed by atoms with Gasteiger partial charge >= 0.3 is 0 Å². The molecule has 1 spiro atoms. The Kier molecular flexibility index (Phi) is 2.94. The highest BCUT2D eigenvalue weighted by molar-refractivity contribution is 9.10. The Hall–Kier alpha value is -0.500. The van der Waals surface area contributed by atoms with Crippen molar-refractivity contribution >= 4 is 21.6 Å². The van der Waals surface area contributed by atoms with Gasteiger partial charge in [-0.25, -0.2) is 0 Å². The summed E-state index contributed by atoms with van der Waals surface area (Å²) in [6.45, 7) is 2.38. The standard InChI is InChI=1S/C15H20BrN/c1-11-10-15(8-3-2-4-9-15)17-14-12(11)6-5-7-13(14)16/h5-7,11,17H,2-4,8-10H2,1H3. The number of nitrogens with one attached hydrogen (secondary N) is 1. The molecule has 17 heavy (non-hydrogen) atoms. The predicted molar refractivity (Wildman–Crippen MR) is 76.6 cm³/mol. The van der Waals surface area contributed by atoms with Gasteiger partial charge in [0.15, 0.2) is 0 Å². The first-order valence-electron chi connectivity index (χ1n) is 6.77. The van der Waals surface area contributed by atoms with Gasteiger partial charge < -0.3 is 5.32 Å². The summed E-state index contributed by atoms with van der Waals surface area (Å²) >= 11 is 3.70. The zero-order valence-corrected chi connectivity index (χ0v) is 12.0. The molecule has 92 valence electrons. The van der Waals surface area contributed by atoms with Crippen molar-refractivity contribution in [2.75, 3.05) is 5.32 Å². The Morgan fingerprint density at radius 3 is 2.76 bits per heavy atom. The van der Waals surface area contributed by atoms with E-state index in [1.807, 2.05) is 0 Å². The number of anilines is 1. The smallest absolute Gasteiger partial charge is 0.0524 e. The largest absolute Gasteiger partial charge is 0.378 e. The highest BCUT2D eigenvalue weighted by Gasteiger charge is 2.38. The number of halogens is 1. The summed E-state index contributed by atoms with van der Waals surface area (Å²) in [6, 6.07) is 6.58. The quantitative estimate of drug-likeness (QED) is 0.704. The molecule has 0 amide bonds. The second-order valence-electron chi connectivity index (χ2n) is 5.78. The maximum absolute atomic E-state index is 3.86. The lowest BCUT2D eigenvalue weighted by molar-refractivity contribution is 0.281. The van der Waals surface area contributed by atoms with Crippen LogP contribution in [0.15, 0.2) is 22.7 Å². The molecule has 0 aromatic heterocycles. The Bertz CT molecular complexity index is 421.